The van der Waals surface area contributed by atoms with Crippen LogP contribution in [-0.4, -0.2) is 40.7 Å². The number of carboxylic acids is 1. The van der Waals surface area contributed by atoms with Gasteiger partial charge in [-0.2, -0.15) is 0 Å². The lowest BCUT2D eigenvalue weighted by atomic mass is 9.85. The van der Waals surface area contributed by atoms with Gasteiger partial charge >= 0.3 is 5.97 Å². The lowest BCUT2D eigenvalue weighted by Gasteiger charge is -2.30. The van der Waals surface area contributed by atoms with Crippen molar-refractivity contribution < 1.29 is 9.90 Å². The van der Waals surface area contributed by atoms with Crippen molar-refractivity contribution in [2.75, 3.05) is 23.8 Å². The van der Waals surface area contributed by atoms with Gasteiger partial charge in [0, 0.05) is 19.7 Å². The molecule has 0 bridgehead atoms. The minimum atomic E-state index is -0.900. The number of aromatic nitrogens is 2. The lowest BCUT2D eigenvalue weighted by molar-refractivity contribution is -0.137. The van der Waals surface area contributed by atoms with E-state index >= 15 is 0 Å². The Morgan fingerprint density at radius 3 is 2.89 bits per heavy atom. The molecule has 0 aromatic carbocycles. The molecule has 1 unspecified atom stereocenters. The van der Waals surface area contributed by atoms with E-state index in [-0.39, 0.29) is 0 Å². The van der Waals surface area contributed by atoms with Gasteiger partial charge in [0.15, 0.2) is 0 Å². The van der Waals surface area contributed by atoms with Crippen LogP contribution in [0.5, 0.6) is 0 Å². The topological polar surface area (TPSA) is 78.3 Å². The monoisotopic (exact) mass is 264 g/mol. The average molecular weight is 264 g/mol. The predicted molar refractivity (Wildman–Crippen MR) is 73.4 cm³/mol. The highest BCUT2D eigenvalue weighted by Crippen LogP contribution is 2.28. The Bertz CT molecular complexity index is 448. The van der Waals surface area contributed by atoms with Crippen molar-refractivity contribution in [3.05, 3.63) is 12.4 Å². The van der Waals surface area contributed by atoms with Crippen LogP contribution in [0.25, 0.3) is 0 Å². The number of carbonyl (C=O) groups is 1. The van der Waals surface area contributed by atoms with Crippen LogP contribution in [0, 0.1) is 5.92 Å². The molecular weight excluding hydrogens is 244 g/mol. The standard InChI is InChI=1S/C13H20N4O2/c1-9(13(18)19)16-11-6-12(15-8-14-11)17(2)7-10-4-3-5-10/h6,8-10H,3-5,7H2,1-2H3,(H,18,19)(H,14,15,16). The highest BCUT2D eigenvalue weighted by Gasteiger charge is 2.20. The van der Waals surface area contributed by atoms with E-state index in [1.807, 2.05) is 7.05 Å². The lowest BCUT2D eigenvalue weighted by Crippen LogP contribution is -2.30. The maximum atomic E-state index is 10.8. The number of hydrogen-bond donors (Lipinski definition) is 2. The molecule has 19 heavy (non-hydrogen) atoms. The Morgan fingerprint density at radius 1 is 1.58 bits per heavy atom. The normalized spacial score (nSPS) is 16.5. The quantitative estimate of drug-likeness (QED) is 0.812. The van der Waals surface area contributed by atoms with Crippen LogP contribution in [0.4, 0.5) is 11.6 Å². The first-order chi connectivity index (χ1) is 9.06. The van der Waals surface area contributed by atoms with E-state index in [4.69, 9.17) is 5.11 Å². The van der Waals surface area contributed by atoms with Gasteiger partial charge in [0.05, 0.1) is 0 Å². The third-order valence-corrected chi connectivity index (χ3v) is 3.54. The fraction of sp³-hybridized carbons (Fsp3) is 0.615. The van der Waals surface area contributed by atoms with E-state index in [1.54, 1.807) is 13.0 Å². The predicted octanol–water partition coefficient (Wildman–Crippen LogP) is 1.60. The van der Waals surface area contributed by atoms with Crippen LogP contribution in [0.2, 0.25) is 0 Å². The zero-order chi connectivity index (χ0) is 13.8. The van der Waals surface area contributed by atoms with E-state index in [0.717, 1.165) is 18.3 Å². The number of nitrogens with one attached hydrogen (secondary N) is 1. The van der Waals surface area contributed by atoms with E-state index in [1.165, 1.54) is 25.6 Å². The molecule has 1 heterocycles. The highest BCUT2D eigenvalue weighted by molar-refractivity contribution is 5.76. The summed E-state index contributed by atoms with van der Waals surface area (Å²) in [6.45, 7) is 2.58. The summed E-state index contributed by atoms with van der Waals surface area (Å²) < 4.78 is 0. The molecule has 6 heteroatoms. The minimum absolute atomic E-state index is 0.542. The van der Waals surface area contributed by atoms with Crippen LogP contribution in [0.15, 0.2) is 12.4 Å². The highest BCUT2D eigenvalue weighted by atomic mass is 16.4. The summed E-state index contributed by atoms with van der Waals surface area (Å²) in [4.78, 5) is 21.2. The molecule has 1 aliphatic carbocycles. The maximum absolute atomic E-state index is 10.8. The molecule has 0 saturated heterocycles. The van der Waals surface area contributed by atoms with E-state index in [9.17, 15) is 4.79 Å². The third-order valence-electron chi connectivity index (χ3n) is 3.54. The second-order valence-electron chi connectivity index (χ2n) is 5.14. The van der Waals surface area contributed by atoms with Gasteiger partial charge in [0.25, 0.3) is 0 Å². The molecule has 1 fully saturated rings. The van der Waals surface area contributed by atoms with Crippen molar-refractivity contribution >= 4 is 17.6 Å². The largest absolute Gasteiger partial charge is 0.480 e. The van der Waals surface area contributed by atoms with Crippen molar-refractivity contribution in [3.8, 4) is 0 Å². The molecule has 1 aromatic heterocycles. The fourth-order valence-electron chi connectivity index (χ4n) is 2.07. The van der Waals surface area contributed by atoms with Gasteiger partial charge in [-0.05, 0) is 25.7 Å². The van der Waals surface area contributed by atoms with Gasteiger partial charge in [-0.25, -0.2) is 9.97 Å². The zero-order valence-corrected chi connectivity index (χ0v) is 11.3. The van der Waals surface area contributed by atoms with Gasteiger partial charge in [-0.3, -0.25) is 4.79 Å². The van der Waals surface area contributed by atoms with Gasteiger partial charge in [-0.1, -0.05) is 6.42 Å². The summed E-state index contributed by atoms with van der Waals surface area (Å²) in [7, 11) is 2.01. The second-order valence-corrected chi connectivity index (χ2v) is 5.14. The first-order valence-corrected chi connectivity index (χ1v) is 6.59. The molecule has 0 radical (unpaired) electrons. The van der Waals surface area contributed by atoms with Gasteiger partial charge in [0.1, 0.15) is 24.0 Å². The van der Waals surface area contributed by atoms with Crippen molar-refractivity contribution in [2.24, 2.45) is 5.92 Å². The molecule has 2 rings (SSSR count). The summed E-state index contributed by atoms with van der Waals surface area (Å²) in [5, 5.41) is 11.7. The van der Waals surface area contributed by atoms with Crippen LogP contribution >= 0.6 is 0 Å². The molecule has 104 valence electrons. The third kappa shape index (κ3) is 3.56. The first-order valence-electron chi connectivity index (χ1n) is 6.59. The Balaban J connectivity index is 1.99. The first kappa shape index (κ1) is 13.6. The summed E-state index contributed by atoms with van der Waals surface area (Å²) in [5.41, 5.74) is 0. The van der Waals surface area contributed by atoms with Crippen molar-refractivity contribution in [1.29, 1.82) is 0 Å². The molecule has 0 aliphatic heterocycles. The number of hydrogen-bond acceptors (Lipinski definition) is 5. The smallest absolute Gasteiger partial charge is 0.325 e. The number of carboxylic acid groups (broad SMARTS) is 1. The fourth-order valence-corrected chi connectivity index (χ4v) is 2.07. The summed E-state index contributed by atoms with van der Waals surface area (Å²) in [6.07, 6.45) is 5.36. The van der Waals surface area contributed by atoms with Gasteiger partial charge in [-0.15, -0.1) is 0 Å². The van der Waals surface area contributed by atoms with Crippen LogP contribution < -0.4 is 10.2 Å². The van der Waals surface area contributed by atoms with E-state index < -0.39 is 12.0 Å². The van der Waals surface area contributed by atoms with Crippen LogP contribution in [0.3, 0.4) is 0 Å². The van der Waals surface area contributed by atoms with Gasteiger partial charge < -0.3 is 15.3 Å². The molecule has 1 atom stereocenters. The second kappa shape index (κ2) is 5.86. The van der Waals surface area contributed by atoms with E-state index in [2.05, 4.69) is 20.2 Å². The molecule has 0 spiro atoms. The van der Waals surface area contributed by atoms with Crippen molar-refractivity contribution in [3.63, 3.8) is 0 Å². The summed E-state index contributed by atoms with van der Waals surface area (Å²) >= 11 is 0. The minimum Gasteiger partial charge on any atom is -0.480 e. The maximum Gasteiger partial charge on any atom is 0.325 e. The molecule has 6 nitrogen and oxygen atoms in total. The van der Waals surface area contributed by atoms with Gasteiger partial charge in [0.2, 0.25) is 0 Å². The SMILES string of the molecule is CC(Nc1cc(N(C)CC2CCC2)ncn1)C(=O)O. The van der Waals surface area contributed by atoms with Crippen LogP contribution in [0.1, 0.15) is 26.2 Å². The summed E-state index contributed by atoms with van der Waals surface area (Å²) in [5.74, 6) is 1.22. The number of aliphatic carboxylic acids is 1. The zero-order valence-electron chi connectivity index (χ0n) is 11.3. The average Bonchev–Trinajstić information content (AvgIpc) is 2.33. The molecular formula is C13H20N4O2. The Morgan fingerprint density at radius 2 is 2.32 bits per heavy atom. The van der Waals surface area contributed by atoms with E-state index in [0.29, 0.717) is 5.82 Å². The molecule has 0 amide bonds. The Labute approximate surface area is 112 Å². The Hall–Kier alpha value is -1.85. The Kier molecular flexibility index (Phi) is 4.19. The molecule has 1 saturated carbocycles. The number of anilines is 2. The van der Waals surface area contributed by atoms with Crippen LogP contribution in [-0.2, 0) is 4.79 Å². The number of rotatable bonds is 6. The molecule has 1 aromatic rings. The molecule has 2 N–H and O–H groups in total. The number of nitrogens with zero attached hydrogens (tertiary/aromatic N) is 3. The van der Waals surface area contributed by atoms with Crippen molar-refractivity contribution in [1.82, 2.24) is 9.97 Å². The summed E-state index contributed by atoms with van der Waals surface area (Å²) in [6, 6.07) is 1.12. The van der Waals surface area contributed by atoms with Crippen molar-refractivity contribution in [2.45, 2.75) is 32.2 Å². The molecule has 1 aliphatic rings.